The first-order valence-electron chi connectivity index (χ1n) is 7.85. The average Bonchev–Trinajstić information content (AvgIpc) is 3.13. The van der Waals surface area contributed by atoms with Gasteiger partial charge in [-0.15, -0.1) is 0 Å². The Bertz CT molecular complexity index is 920. The zero-order valence-corrected chi connectivity index (χ0v) is 14.8. The highest BCUT2D eigenvalue weighted by Crippen LogP contribution is 2.20. The Hall–Kier alpha value is -2.85. The van der Waals surface area contributed by atoms with Crippen LogP contribution in [0.15, 0.2) is 45.9 Å². The SMILES string of the molecule is CNS(=O)(=O)c1ccc(C(=O)Nc2ccc(N3CCNC(=O)C3)cc2)o1. The number of furan rings is 1. The molecule has 1 aliphatic rings. The summed E-state index contributed by atoms with van der Waals surface area (Å²) in [7, 11) is -2.49. The summed E-state index contributed by atoms with van der Waals surface area (Å²) in [5.41, 5.74) is 1.40. The van der Waals surface area contributed by atoms with Gasteiger partial charge in [0.2, 0.25) is 11.0 Å². The molecule has 0 spiro atoms. The van der Waals surface area contributed by atoms with Gasteiger partial charge in [0, 0.05) is 24.5 Å². The van der Waals surface area contributed by atoms with Gasteiger partial charge >= 0.3 is 0 Å². The van der Waals surface area contributed by atoms with Crippen molar-refractivity contribution in [3.05, 3.63) is 42.2 Å². The number of sulfonamides is 1. The van der Waals surface area contributed by atoms with E-state index in [0.717, 1.165) is 5.69 Å². The van der Waals surface area contributed by atoms with Gasteiger partial charge in [-0.25, -0.2) is 13.1 Å². The molecule has 0 unspecified atom stereocenters. The van der Waals surface area contributed by atoms with Gasteiger partial charge in [0.05, 0.1) is 6.54 Å². The van der Waals surface area contributed by atoms with Gasteiger partial charge in [-0.2, -0.15) is 0 Å². The maximum atomic E-state index is 12.2. The number of nitrogens with one attached hydrogen (secondary N) is 3. The molecule has 3 N–H and O–H groups in total. The Morgan fingerprint density at radius 1 is 1.19 bits per heavy atom. The summed E-state index contributed by atoms with van der Waals surface area (Å²) in [6, 6.07) is 9.51. The number of benzene rings is 1. The molecule has 0 atom stereocenters. The fourth-order valence-electron chi connectivity index (χ4n) is 2.49. The number of hydrogen-bond donors (Lipinski definition) is 3. The summed E-state index contributed by atoms with van der Waals surface area (Å²) in [5, 5.41) is 5.06. The van der Waals surface area contributed by atoms with Crippen LogP contribution in [0.4, 0.5) is 11.4 Å². The minimum absolute atomic E-state index is 0.0289. The Balaban J connectivity index is 1.67. The van der Waals surface area contributed by atoms with E-state index >= 15 is 0 Å². The standard InChI is InChI=1S/C16H18N4O5S/c1-17-26(23,24)15-7-6-13(25-15)16(22)19-11-2-4-12(5-3-11)20-9-8-18-14(21)10-20/h2-7,17H,8-10H2,1H3,(H,18,21)(H,19,22). The molecule has 1 fully saturated rings. The first-order valence-corrected chi connectivity index (χ1v) is 9.34. The number of amides is 2. The second-order valence-electron chi connectivity index (χ2n) is 5.60. The minimum atomic E-state index is -3.74. The first kappa shape index (κ1) is 18.0. The molecule has 1 aromatic heterocycles. The van der Waals surface area contributed by atoms with Crippen molar-refractivity contribution in [2.75, 3.05) is 36.9 Å². The number of hydrogen-bond acceptors (Lipinski definition) is 6. The zero-order valence-electron chi connectivity index (χ0n) is 14.0. The van der Waals surface area contributed by atoms with E-state index in [-0.39, 0.29) is 16.8 Å². The van der Waals surface area contributed by atoms with Crippen LogP contribution in [-0.2, 0) is 14.8 Å². The van der Waals surface area contributed by atoms with Crippen molar-refractivity contribution < 1.29 is 22.4 Å². The average molecular weight is 378 g/mol. The molecule has 10 heteroatoms. The van der Waals surface area contributed by atoms with Crippen molar-refractivity contribution in [2.24, 2.45) is 0 Å². The van der Waals surface area contributed by atoms with Crippen LogP contribution < -0.4 is 20.3 Å². The maximum Gasteiger partial charge on any atom is 0.291 e. The highest BCUT2D eigenvalue weighted by Gasteiger charge is 2.20. The van der Waals surface area contributed by atoms with Crippen molar-refractivity contribution in [1.82, 2.24) is 10.0 Å². The van der Waals surface area contributed by atoms with E-state index in [1.54, 1.807) is 24.3 Å². The highest BCUT2D eigenvalue weighted by atomic mass is 32.2. The van der Waals surface area contributed by atoms with Crippen LogP contribution in [0.3, 0.4) is 0 Å². The molecule has 138 valence electrons. The Labute approximate surface area is 150 Å². The molecule has 0 radical (unpaired) electrons. The van der Waals surface area contributed by atoms with Crippen LogP contribution in [0.25, 0.3) is 0 Å². The third-order valence-electron chi connectivity index (χ3n) is 3.87. The molecule has 1 aromatic carbocycles. The smallest absolute Gasteiger partial charge is 0.291 e. The number of anilines is 2. The molecule has 26 heavy (non-hydrogen) atoms. The molecule has 1 saturated heterocycles. The molecule has 2 heterocycles. The summed E-state index contributed by atoms with van der Waals surface area (Å²) in [4.78, 5) is 25.6. The van der Waals surface area contributed by atoms with Crippen LogP contribution in [0.2, 0.25) is 0 Å². The van der Waals surface area contributed by atoms with E-state index in [9.17, 15) is 18.0 Å². The zero-order chi connectivity index (χ0) is 18.7. The Morgan fingerprint density at radius 2 is 1.92 bits per heavy atom. The summed E-state index contributed by atoms with van der Waals surface area (Å²) in [6.45, 7) is 1.60. The van der Waals surface area contributed by atoms with Gasteiger partial charge in [-0.3, -0.25) is 9.59 Å². The van der Waals surface area contributed by atoms with Crippen LogP contribution in [-0.4, -0.2) is 46.9 Å². The van der Waals surface area contributed by atoms with Gasteiger partial charge in [-0.1, -0.05) is 0 Å². The van der Waals surface area contributed by atoms with Crippen molar-refractivity contribution in [2.45, 2.75) is 5.09 Å². The Morgan fingerprint density at radius 3 is 2.58 bits per heavy atom. The lowest BCUT2D eigenvalue weighted by molar-refractivity contribution is -0.120. The summed E-state index contributed by atoms with van der Waals surface area (Å²) < 4.78 is 30.5. The van der Waals surface area contributed by atoms with Crippen molar-refractivity contribution in [3.8, 4) is 0 Å². The summed E-state index contributed by atoms with van der Waals surface area (Å²) in [5.74, 6) is -0.706. The number of rotatable bonds is 5. The molecule has 0 saturated carbocycles. The maximum absolute atomic E-state index is 12.2. The lowest BCUT2D eigenvalue weighted by atomic mass is 10.2. The van der Waals surface area contributed by atoms with Gasteiger partial charge < -0.3 is 20.0 Å². The second-order valence-corrected chi connectivity index (χ2v) is 7.42. The van der Waals surface area contributed by atoms with E-state index in [4.69, 9.17) is 4.42 Å². The third kappa shape index (κ3) is 3.86. The summed E-state index contributed by atoms with van der Waals surface area (Å²) >= 11 is 0. The van der Waals surface area contributed by atoms with E-state index in [1.807, 2.05) is 4.90 Å². The van der Waals surface area contributed by atoms with Gasteiger partial charge in [0.1, 0.15) is 0 Å². The minimum Gasteiger partial charge on any atom is -0.438 e. The highest BCUT2D eigenvalue weighted by molar-refractivity contribution is 7.89. The monoisotopic (exact) mass is 378 g/mol. The van der Waals surface area contributed by atoms with E-state index in [2.05, 4.69) is 15.4 Å². The second kappa shape index (κ2) is 7.18. The number of carbonyl (C=O) groups excluding carboxylic acids is 2. The molecule has 0 aliphatic carbocycles. The molecule has 0 bridgehead atoms. The predicted molar refractivity (Wildman–Crippen MR) is 94.6 cm³/mol. The van der Waals surface area contributed by atoms with Crippen molar-refractivity contribution >= 4 is 33.2 Å². The van der Waals surface area contributed by atoms with Crippen LogP contribution in [0, 0.1) is 0 Å². The van der Waals surface area contributed by atoms with Crippen molar-refractivity contribution in [3.63, 3.8) is 0 Å². The third-order valence-corrected chi connectivity index (χ3v) is 5.15. The quantitative estimate of drug-likeness (QED) is 0.692. The molecule has 3 rings (SSSR count). The van der Waals surface area contributed by atoms with Gasteiger partial charge in [0.15, 0.2) is 5.76 Å². The summed E-state index contributed by atoms with van der Waals surface area (Å²) in [6.07, 6.45) is 0. The van der Waals surface area contributed by atoms with Gasteiger partial charge in [-0.05, 0) is 43.4 Å². The predicted octanol–water partition coefficient (Wildman–Crippen LogP) is 0.376. The van der Waals surface area contributed by atoms with Crippen LogP contribution in [0.1, 0.15) is 10.6 Å². The van der Waals surface area contributed by atoms with E-state index < -0.39 is 15.9 Å². The van der Waals surface area contributed by atoms with Crippen LogP contribution >= 0.6 is 0 Å². The molecular formula is C16H18N4O5S. The molecular weight excluding hydrogens is 360 g/mol. The largest absolute Gasteiger partial charge is 0.438 e. The number of carbonyl (C=O) groups is 2. The van der Waals surface area contributed by atoms with E-state index in [1.165, 1.54) is 19.2 Å². The van der Waals surface area contributed by atoms with Crippen LogP contribution in [0.5, 0.6) is 0 Å². The Kier molecular flexibility index (Phi) is 4.96. The normalized spacial score (nSPS) is 14.8. The van der Waals surface area contributed by atoms with Gasteiger partial charge in [0.25, 0.3) is 15.9 Å². The number of piperazine rings is 1. The molecule has 1 aliphatic heterocycles. The topological polar surface area (TPSA) is 121 Å². The lowest BCUT2D eigenvalue weighted by Crippen LogP contribution is -2.47. The molecule has 2 aromatic rings. The van der Waals surface area contributed by atoms with Crippen molar-refractivity contribution in [1.29, 1.82) is 0 Å². The fraction of sp³-hybridized carbons (Fsp3) is 0.250. The lowest BCUT2D eigenvalue weighted by Gasteiger charge is -2.28. The molecule has 2 amide bonds. The number of nitrogens with zero attached hydrogens (tertiary/aromatic N) is 1. The fourth-order valence-corrected chi connectivity index (χ4v) is 3.14. The first-order chi connectivity index (χ1) is 12.4. The van der Waals surface area contributed by atoms with E-state index in [0.29, 0.717) is 25.3 Å². The molecule has 9 nitrogen and oxygen atoms in total.